The molecule has 3 heterocycles. The molecule has 1 aliphatic heterocycles. The quantitative estimate of drug-likeness (QED) is 0.596. The summed E-state index contributed by atoms with van der Waals surface area (Å²) in [5.74, 6) is 1.48. The Bertz CT molecular complexity index is 959. The lowest BCUT2D eigenvalue weighted by Crippen LogP contribution is -2.41. The summed E-state index contributed by atoms with van der Waals surface area (Å²) in [5, 5.41) is 4.26. The minimum Gasteiger partial charge on any atom is -0.494 e. The minimum absolute atomic E-state index is 0.0797. The van der Waals surface area contributed by atoms with Crippen molar-refractivity contribution in [3.8, 4) is 5.75 Å². The fourth-order valence-electron chi connectivity index (χ4n) is 4.10. The van der Waals surface area contributed by atoms with E-state index in [0.717, 1.165) is 55.9 Å². The van der Waals surface area contributed by atoms with Crippen LogP contribution in [-0.2, 0) is 11.3 Å². The number of benzene rings is 1. The average molecular weight is 407 g/mol. The lowest BCUT2D eigenvalue weighted by Gasteiger charge is -2.31. The van der Waals surface area contributed by atoms with Crippen LogP contribution in [0.4, 0.5) is 0 Å². The summed E-state index contributed by atoms with van der Waals surface area (Å²) < 4.78 is 5.60. The molecule has 6 nitrogen and oxygen atoms in total. The van der Waals surface area contributed by atoms with E-state index in [4.69, 9.17) is 4.74 Å². The number of pyridine rings is 1. The summed E-state index contributed by atoms with van der Waals surface area (Å²) in [6, 6.07) is 12.1. The van der Waals surface area contributed by atoms with Crippen LogP contribution in [0, 0.1) is 0 Å². The predicted octanol–water partition coefficient (Wildman–Crippen LogP) is 3.85. The SMILES string of the molecule is CCCOc1ccc(CNC(=O)CN2CCC(c3c[nH]c4ncccc34)CC2)cc1. The highest BCUT2D eigenvalue weighted by atomic mass is 16.5. The molecule has 1 amide bonds. The Hall–Kier alpha value is -2.86. The van der Waals surface area contributed by atoms with Gasteiger partial charge < -0.3 is 15.0 Å². The van der Waals surface area contributed by atoms with Crippen LogP contribution in [0.5, 0.6) is 5.75 Å². The number of carbonyl (C=O) groups is 1. The molecule has 1 fully saturated rings. The van der Waals surface area contributed by atoms with E-state index < -0.39 is 0 Å². The van der Waals surface area contributed by atoms with Crippen molar-refractivity contribution in [1.82, 2.24) is 20.2 Å². The lowest BCUT2D eigenvalue weighted by atomic mass is 9.89. The largest absolute Gasteiger partial charge is 0.494 e. The van der Waals surface area contributed by atoms with Gasteiger partial charge in [-0.15, -0.1) is 0 Å². The van der Waals surface area contributed by atoms with E-state index in [2.05, 4.69) is 39.4 Å². The van der Waals surface area contributed by atoms with Crippen LogP contribution in [0.25, 0.3) is 11.0 Å². The molecule has 0 radical (unpaired) electrons. The molecule has 0 spiro atoms. The topological polar surface area (TPSA) is 70.2 Å². The highest BCUT2D eigenvalue weighted by molar-refractivity contribution is 5.80. The van der Waals surface area contributed by atoms with Crippen LogP contribution >= 0.6 is 0 Å². The van der Waals surface area contributed by atoms with Crippen molar-refractivity contribution < 1.29 is 9.53 Å². The summed E-state index contributed by atoms with van der Waals surface area (Å²) >= 11 is 0. The van der Waals surface area contributed by atoms with Crippen molar-refractivity contribution in [2.24, 2.45) is 0 Å². The van der Waals surface area contributed by atoms with Crippen molar-refractivity contribution in [2.75, 3.05) is 26.2 Å². The predicted molar refractivity (Wildman–Crippen MR) is 119 cm³/mol. The molecule has 2 aromatic heterocycles. The maximum absolute atomic E-state index is 12.4. The smallest absolute Gasteiger partial charge is 0.234 e. The monoisotopic (exact) mass is 406 g/mol. The number of nitrogens with zero attached hydrogens (tertiary/aromatic N) is 2. The second-order valence-corrected chi connectivity index (χ2v) is 7.96. The number of hydrogen-bond acceptors (Lipinski definition) is 4. The molecule has 1 aliphatic rings. The molecule has 158 valence electrons. The number of aromatic amines is 1. The number of amides is 1. The Morgan fingerprint density at radius 1 is 1.23 bits per heavy atom. The van der Waals surface area contributed by atoms with Gasteiger partial charge in [0, 0.05) is 24.3 Å². The zero-order chi connectivity index (χ0) is 20.8. The van der Waals surface area contributed by atoms with Gasteiger partial charge >= 0.3 is 0 Å². The summed E-state index contributed by atoms with van der Waals surface area (Å²) in [4.78, 5) is 22.3. The molecule has 0 aliphatic carbocycles. The van der Waals surface area contributed by atoms with Gasteiger partial charge in [0.2, 0.25) is 5.91 Å². The van der Waals surface area contributed by atoms with Crippen LogP contribution in [0.15, 0.2) is 48.8 Å². The maximum atomic E-state index is 12.4. The van der Waals surface area contributed by atoms with Gasteiger partial charge in [-0.3, -0.25) is 9.69 Å². The first-order chi connectivity index (χ1) is 14.7. The van der Waals surface area contributed by atoms with Gasteiger partial charge in [0.15, 0.2) is 0 Å². The van der Waals surface area contributed by atoms with Crippen molar-refractivity contribution in [3.05, 3.63) is 59.9 Å². The third kappa shape index (κ3) is 5.00. The minimum atomic E-state index is 0.0797. The Labute approximate surface area is 177 Å². The van der Waals surface area contributed by atoms with Crippen molar-refractivity contribution in [3.63, 3.8) is 0 Å². The number of nitrogens with one attached hydrogen (secondary N) is 2. The summed E-state index contributed by atoms with van der Waals surface area (Å²) in [6.07, 6.45) is 7.04. The average Bonchev–Trinajstić information content (AvgIpc) is 3.22. The molecule has 1 saturated heterocycles. The molecule has 0 unspecified atom stereocenters. The van der Waals surface area contributed by atoms with E-state index in [0.29, 0.717) is 19.0 Å². The number of H-pyrrole nitrogens is 1. The molecular formula is C24H30N4O2. The van der Waals surface area contributed by atoms with E-state index in [1.807, 2.05) is 36.5 Å². The number of hydrogen-bond donors (Lipinski definition) is 2. The van der Waals surface area contributed by atoms with E-state index in [1.165, 1.54) is 10.9 Å². The normalized spacial score (nSPS) is 15.4. The maximum Gasteiger partial charge on any atom is 0.234 e. The summed E-state index contributed by atoms with van der Waals surface area (Å²) in [5.41, 5.74) is 3.40. The van der Waals surface area contributed by atoms with Crippen LogP contribution in [0.1, 0.15) is 43.2 Å². The lowest BCUT2D eigenvalue weighted by molar-refractivity contribution is -0.122. The van der Waals surface area contributed by atoms with Gasteiger partial charge in [-0.25, -0.2) is 4.98 Å². The van der Waals surface area contributed by atoms with E-state index in [1.54, 1.807) is 0 Å². The zero-order valence-corrected chi connectivity index (χ0v) is 17.6. The van der Waals surface area contributed by atoms with Crippen LogP contribution in [0.3, 0.4) is 0 Å². The Balaban J connectivity index is 1.21. The van der Waals surface area contributed by atoms with Gasteiger partial charge in [-0.05, 0) is 73.7 Å². The molecule has 0 atom stereocenters. The summed E-state index contributed by atoms with van der Waals surface area (Å²) in [6.45, 7) is 5.70. The van der Waals surface area contributed by atoms with Crippen molar-refractivity contribution >= 4 is 16.9 Å². The second kappa shape index (κ2) is 9.76. The Morgan fingerprint density at radius 3 is 2.80 bits per heavy atom. The number of ether oxygens (including phenoxy) is 1. The standard InChI is InChI=1S/C24H30N4O2/c1-2-14-30-20-7-5-18(6-8-20)15-26-23(29)17-28-12-9-19(10-13-28)22-16-27-24-21(22)4-3-11-25-24/h3-8,11,16,19H,2,9-10,12-15,17H2,1H3,(H,25,27)(H,26,29). The van der Waals surface area contributed by atoms with Crippen LogP contribution in [-0.4, -0.2) is 47.0 Å². The third-order valence-corrected chi connectivity index (χ3v) is 5.76. The molecule has 1 aromatic carbocycles. The van der Waals surface area contributed by atoms with Gasteiger partial charge in [0.25, 0.3) is 0 Å². The number of aromatic nitrogens is 2. The zero-order valence-electron chi connectivity index (χ0n) is 17.6. The number of carbonyl (C=O) groups excluding carboxylic acids is 1. The molecule has 6 heteroatoms. The van der Waals surface area contributed by atoms with Crippen molar-refractivity contribution in [1.29, 1.82) is 0 Å². The van der Waals surface area contributed by atoms with E-state index in [-0.39, 0.29) is 5.91 Å². The van der Waals surface area contributed by atoms with E-state index >= 15 is 0 Å². The fraction of sp³-hybridized carbons (Fsp3) is 0.417. The number of rotatable bonds is 8. The molecule has 30 heavy (non-hydrogen) atoms. The van der Waals surface area contributed by atoms with E-state index in [9.17, 15) is 4.79 Å². The van der Waals surface area contributed by atoms with Crippen LogP contribution < -0.4 is 10.1 Å². The molecule has 0 saturated carbocycles. The number of piperidine rings is 1. The first-order valence-corrected chi connectivity index (χ1v) is 10.9. The molecular weight excluding hydrogens is 376 g/mol. The third-order valence-electron chi connectivity index (χ3n) is 5.76. The van der Waals surface area contributed by atoms with Crippen molar-refractivity contribution in [2.45, 2.75) is 38.6 Å². The van der Waals surface area contributed by atoms with Gasteiger partial charge in [-0.2, -0.15) is 0 Å². The first-order valence-electron chi connectivity index (χ1n) is 10.9. The Morgan fingerprint density at radius 2 is 2.03 bits per heavy atom. The molecule has 3 aromatic rings. The summed E-state index contributed by atoms with van der Waals surface area (Å²) in [7, 11) is 0. The van der Waals surface area contributed by atoms with Gasteiger partial charge in [0.05, 0.1) is 13.2 Å². The van der Waals surface area contributed by atoms with Crippen LogP contribution in [0.2, 0.25) is 0 Å². The molecule has 2 N–H and O–H groups in total. The Kier molecular flexibility index (Phi) is 6.64. The molecule has 4 rings (SSSR count). The first kappa shape index (κ1) is 20.4. The molecule has 0 bridgehead atoms. The number of likely N-dealkylation sites (tertiary alicyclic amines) is 1. The van der Waals surface area contributed by atoms with Gasteiger partial charge in [-0.1, -0.05) is 19.1 Å². The highest BCUT2D eigenvalue weighted by Gasteiger charge is 2.24. The van der Waals surface area contributed by atoms with Gasteiger partial charge in [0.1, 0.15) is 11.4 Å². The highest BCUT2D eigenvalue weighted by Crippen LogP contribution is 2.32. The number of fused-ring (bicyclic) bond motifs is 1. The fourth-order valence-corrected chi connectivity index (χ4v) is 4.10. The second-order valence-electron chi connectivity index (χ2n) is 7.96.